The first-order valence-corrected chi connectivity index (χ1v) is 5.90. The molecule has 2 heterocycles. The van der Waals surface area contributed by atoms with Gasteiger partial charge in [-0.05, 0) is 23.7 Å². The van der Waals surface area contributed by atoms with Crippen molar-refractivity contribution in [3.05, 3.63) is 0 Å². The Hall–Kier alpha value is -0.0400. The van der Waals surface area contributed by atoms with Gasteiger partial charge in [0.2, 0.25) is 0 Å². The fourth-order valence-corrected chi connectivity index (χ4v) is 3.60. The third-order valence-electron chi connectivity index (χ3n) is 4.57. The molecule has 2 aliphatic heterocycles. The van der Waals surface area contributed by atoms with E-state index in [-0.39, 0.29) is 0 Å². The molecule has 2 saturated heterocycles. The second-order valence-corrected chi connectivity index (χ2v) is 6.93. The second-order valence-electron chi connectivity index (χ2n) is 6.93. The Kier molecular flexibility index (Phi) is 2.06. The molecule has 1 heteroatoms. The van der Waals surface area contributed by atoms with Crippen LogP contribution in [0.15, 0.2) is 0 Å². The molecule has 3 rings (SSSR count). The van der Waals surface area contributed by atoms with E-state index in [0.717, 1.165) is 11.8 Å². The van der Waals surface area contributed by atoms with Gasteiger partial charge in [-0.2, -0.15) is 0 Å². The van der Waals surface area contributed by atoms with Crippen LogP contribution < -0.4 is 0 Å². The highest BCUT2D eigenvalue weighted by Gasteiger charge is 2.59. The molecule has 0 N–H and O–H groups in total. The van der Waals surface area contributed by atoms with Crippen molar-refractivity contribution in [2.24, 2.45) is 22.7 Å². The van der Waals surface area contributed by atoms with Gasteiger partial charge in [-0.25, -0.2) is 0 Å². The summed E-state index contributed by atoms with van der Waals surface area (Å²) in [6.45, 7) is 14.2. The van der Waals surface area contributed by atoms with E-state index in [1.165, 1.54) is 6.42 Å². The molecule has 3 fully saturated rings. The summed E-state index contributed by atoms with van der Waals surface area (Å²) in [6.07, 6.45) is 2.28. The number of fused-ring (bicyclic) bond motifs is 2. The molecule has 1 aliphatic carbocycles. The van der Waals surface area contributed by atoms with Gasteiger partial charge < -0.3 is 4.74 Å². The van der Waals surface area contributed by atoms with Gasteiger partial charge in [-0.15, -0.1) is 0 Å². The maximum Gasteiger partial charge on any atom is 0.0683 e. The van der Waals surface area contributed by atoms with Crippen LogP contribution in [0, 0.1) is 22.7 Å². The lowest BCUT2D eigenvalue weighted by atomic mass is 9.54. The molecule has 14 heavy (non-hydrogen) atoms. The van der Waals surface area contributed by atoms with Crippen molar-refractivity contribution < 1.29 is 4.74 Å². The predicted octanol–water partition coefficient (Wildman–Crippen LogP) is 3.48. The van der Waals surface area contributed by atoms with Crippen LogP contribution >= 0.6 is 0 Å². The average molecular weight is 196 g/mol. The first-order valence-electron chi connectivity index (χ1n) is 5.90. The molecule has 0 aromatic heterocycles. The zero-order valence-electron chi connectivity index (χ0n) is 10.4. The van der Waals surface area contributed by atoms with Gasteiger partial charge in [0.1, 0.15) is 0 Å². The van der Waals surface area contributed by atoms with Crippen LogP contribution in [-0.4, -0.2) is 12.2 Å². The van der Waals surface area contributed by atoms with Crippen molar-refractivity contribution in [1.82, 2.24) is 0 Å². The lowest BCUT2D eigenvalue weighted by molar-refractivity contribution is -0.304. The zero-order chi connectivity index (χ0) is 10.7. The largest absolute Gasteiger partial charge is 0.373 e. The van der Waals surface area contributed by atoms with E-state index in [1.807, 2.05) is 0 Å². The minimum atomic E-state index is 0.432. The van der Waals surface area contributed by atoms with Gasteiger partial charge in [0.05, 0.1) is 12.2 Å². The first kappa shape index (κ1) is 10.5. The highest BCUT2D eigenvalue weighted by atomic mass is 16.5. The molecule has 0 spiro atoms. The minimum absolute atomic E-state index is 0.432. The Labute approximate surface area is 88.2 Å². The lowest BCUT2D eigenvalue weighted by Crippen LogP contribution is -2.66. The molecule has 0 aromatic carbocycles. The summed E-state index contributed by atoms with van der Waals surface area (Å²) in [7, 11) is 0. The topological polar surface area (TPSA) is 9.23 Å². The quantitative estimate of drug-likeness (QED) is 0.576. The van der Waals surface area contributed by atoms with Crippen molar-refractivity contribution >= 4 is 0 Å². The fraction of sp³-hybridized carbons (Fsp3) is 1.00. The zero-order valence-corrected chi connectivity index (χ0v) is 10.4. The SMILES string of the molecule is CC1C(C(C)(C)C)CC2OC1C2(C)C. The average Bonchev–Trinajstić information content (AvgIpc) is 2.01. The predicted molar refractivity (Wildman–Crippen MR) is 59.2 cm³/mol. The standard InChI is InChI=1S/C13H24O/c1-8-9(12(2,3)4)7-10-13(5,6)11(8)14-10/h8-11H,7H2,1-6H3. The highest BCUT2D eigenvalue weighted by molar-refractivity contribution is 5.07. The molecule has 0 amide bonds. The van der Waals surface area contributed by atoms with Crippen LogP contribution in [0.25, 0.3) is 0 Å². The molecule has 3 aliphatic rings. The highest BCUT2D eigenvalue weighted by Crippen LogP contribution is 2.57. The lowest BCUT2D eigenvalue weighted by Gasteiger charge is -2.63. The molecule has 0 aromatic rings. The normalized spacial score (nSPS) is 45.9. The Morgan fingerprint density at radius 3 is 2.14 bits per heavy atom. The Morgan fingerprint density at radius 2 is 1.79 bits per heavy atom. The molecule has 0 radical (unpaired) electrons. The maximum absolute atomic E-state index is 5.93. The van der Waals surface area contributed by atoms with Crippen LogP contribution in [0.4, 0.5) is 0 Å². The Morgan fingerprint density at radius 1 is 1.21 bits per heavy atom. The molecule has 82 valence electrons. The molecule has 1 saturated carbocycles. The monoisotopic (exact) mass is 196 g/mol. The van der Waals surface area contributed by atoms with Gasteiger partial charge in [-0.1, -0.05) is 41.5 Å². The van der Waals surface area contributed by atoms with E-state index in [9.17, 15) is 0 Å². The second kappa shape index (κ2) is 2.75. The minimum Gasteiger partial charge on any atom is -0.373 e. The molecular formula is C13H24O. The van der Waals surface area contributed by atoms with Crippen LogP contribution in [0.2, 0.25) is 0 Å². The maximum atomic E-state index is 5.93. The van der Waals surface area contributed by atoms with Crippen LogP contribution in [-0.2, 0) is 4.74 Å². The van der Waals surface area contributed by atoms with E-state index in [1.54, 1.807) is 0 Å². The van der Waals surface area contributed by atoms with Crippen LogP contribution in [0.5, 0.6) is 0 Å². The summed E-state index contributed by atoms with van der Waals surface area (Å²) >= 11 is 0. The summed E-state index contributed by atoms with van der Waals surface area (Å²) in [6, 6.07) is 0. The number of rotatable bonds is 0. The smallest absolute Gasteiger partial charge is 0.0683 e. The van der Waals surface area contributed by atoms with E-state index in [0.29, 0.717) is 23.0 Å². The third kappa shape index (κ3) is 1.25. The Balaban J connectivity index is 2.16. The molecule has 4 atom stereocenters. The number of ether oxygens (including phenoxy) is 1. The third-order valence-corrected chi connectivity index (χ3v) is 4.57. The summed E-state index contributed by atoms with van der Waals surface area (Å²) in [5.74, 6) is 1.55. The Bertz CT molecular complexity index is 236. The summed E-state index contributed by atoms with van der Waals surface area (Å²) < 4.78 is 5.93. The number of hydrogen-bond donors (Lipinski definition) is 0. The van der Waals surface area contributed by atoms with E-state index in [2.05, 4.69) is 41.5 Å². The van der Waals surface area contributed by atoms with E-state index in [4.69, 9.17) is 4.74 Å². The van der Waals surface area contributed by atoms with Gasteiger partial charge >= 0.3 is 0 Å². The molecule has 1 nitrogen and oxygen atoms in total. The van der Waals surface area contributed by atoms with Crippen molar-refractivity contribution in [2.45, 2.75) is 60.2 Å². The van der Waals surface area contributed by atoms with Crippen molar-refractivity contribution in [3.63, 3.8) is 0 Å². The molecule has 4 unspecified atom stereocenters. The van der Waals surface area contributed by atoms with E-state index < -0.39 is 0 Å². The van der Waals surface area contributed by atoms with Gasteiger partial charge in [0.25, 0.3) is 0 Å². The first-order chi connectivity index (χ1) is 6.24. The van der Waals surface area contributed by atoms with Crippen molar-refractivity contribution in [1.29, 1.82) is 0 Å². The summed E-state index contributed by atoms with van der Waals surface area (Å²) in [5, 5.41) is 0. The van der Waals surface area contributed by atoms with Crippen molar-refractivity contribution in [2.75, 3.05) is 0 Å². The van der Waals surface area contributed by atoms with Crippen molar-refractivity contribution in [3.8, 4) is 0 Å². The number of hydrogen-bond acceptors (Lipinski definition) is 1. The molecular weight excluding hydrogens is 172 g/mol. The van der Waals surface area contributed by atoms with Crippen LogP contribution in [0.1, 0.15) is 48.0 Å². The van der Waals surface area contributed by atoms with E-state index >= 15 is 0 Å². The van der Waals surface area contributed by atoms with Gasteiger partial charge in [0.15, 0.2) is 0 Å². The molecule has 2 bridgehead atoms. The van der Waals surface area contributed by atoms with Crippen LogP contribution in [0.3, 0.4) is 0 Å². The fourth-order valence-electron chi connectivity index (χ4n) is 3.60. The van der Waals surface area contributed by atoms with Gasteiger partial charge in [0, 0.05) is 5.41 Å². The van der Waals surface area contributed by atoms with Gasteiger partial charge in [-0.3, -0.25) is 0 Å². The summed E-state index contributed by atoms with van der Waals surface area (Å²) in [4.78, 5) is 0. The summed E-state index contributed by atoms with van der Waals surface area (Å²) in [5.41, 5.74) is 0.872.